The van der Waals surface area contributed by atoms with Gasteiger partial charge in [0.15, 0.2) is 18.1 Å². The van der Waals surface area contributed by atoms with Crippen LogP contribution in [0.25, 0.3) is 0 Å². The number of benzene rings is 3. The average molecular weight is 475 g/mol. The van der Waals surface area contributed by atoms with Gasteiger partial charge in [-0.2, -0.15) is 5.10 Å². The third-order valence-corrected chi connectivity index (χ3v) is 5.23. The SMILES string of the molecule is COc1cc(C=NNC(=O)COc2cc(C)ccc2C(C)C)ccc1OC(=O)c1ccc(C)cc1. The van der Waals surface area contributed by atoms with E-state index in [0.29, 0.717) is 22.6 Å². The summed E-state index contributed by atoms with van der Waals surface area (Å²) in [6.07, 6.45) is 1.47. The van der Waals surface area contributed by atoms with E-state index in [1.807, 2.05) is 44.2 Å². The Balaban J connectivity index is 1.58. The first kappa shape index (κ1) is 25.5. The minimum absolute atomic E-state index is 0.155. The maximum absolute atomic E-state index is 12.4. The second-order valence-corrected chi connectivity index (χ2v) is 8.44. The van der Waals surface area contributed by atoms with Gasteiger partial charge in [-0.05, 0) is 72.9 Å². The molecule has 0 saturated carbocycles. The molecule has 0 atom stereocenters. The number of amides is 1. The lowest BCUT2D eigenvalue weighted by Gasteiger charge is -2.14. The van der Waals surface area contributed by atoms with Crippen molar-refractivity contribution >= 4 is 18.1 Å². The Labute approximate surface area is 205 Å². The van der Waals surface area contributed by atoms with Crippen LogP contribution in [0.2, 0.25) is 0 Å². The summed E-state index contributed by atoms with van der Waals surface area (Å²) >= 11 is 0. The summed E-state index contributed by atoms with van der Waals surface area (Å²) in [4.78, 5) is 24.6. The zero-order valence-electron chi connectivity index (χ0n) is 20.6. The van der Waals surface area contributed by atoms with Gasteiger partial charge in [-0.3, -0.25) is 4.79 Å². The number of hydrogen-bond donors (Lipinski definition) is 1. The fourth-order valence-electron chi connectivity index (χ4n) is 3.30. The van der Waals surface area contributed by atoms with Gasteiger partial charge in [-0.15, -0.1) is 0 Å². The second-order valence-electron chi connectivity index (χ2n) is 8.44. The quantitative estimate of drug-likeness (QED) is 0.200. The molecule has 0 aliphatic heterocycles. The lowest BCUT2D eigenvalue weighted by Crippen LogP contribution is -2.25. The van der Waals surface area contributed by atoms with Crippen molar-refractivity contribution < 1.29 is 23.8 Å². The number of esters is 1. The highest BCUT2D eigenvalue weighted by Crippen LogP contribution is 2.29. The summed E-state index contributed by atoms with van der Waals surface area (Å²) in [6, 6.07) is 18.0. The number of rotatable bonds is 9. The van der Waals surface area contributed by atoms with Crippen molar-refractivity contribution in [1.29, 1.82) is 0 Å². The van der Waals surface area contributed by atoms with Crippen molar-refractivity contribution in [1.82, 2.24) is 5.43 Å². The summed E-state index contributed by atoms with van der Waals surface area (Å²) in [5.41, 5.74) is 6.71. The summed E-state index contributed by atoms with van der Waals surface area (Å²) in [5.74, 6) is 0.760. The number of carbonyl (C=O) groups is 2. The Morgan fingerprint density at radius 2 is 1.63 bits per heavy atom. The average Bonchev–Trinajstić information content (AvgIpc) is 2.83. The van der Waals surface area contributed by atoms with E-state index in [4.69, 9.17) is 14.2 Å². The third kappa shape index (κ3) is 7.17. The molecule has 1 N–H and O–H groups in total. The highest BCUT2D eigenvalue weighted by Gasteiger charge is 2.13. The molecule has 0 radical (unpaired) electrons. The van der Waals surface area contributed by atoms with E-state index in [1.165, 1.54) is 13.3 Å². The normalized spacial score (nSPS) is 10.9. The van der Waals surface area contributed by atoms with Gasteiger partial charge in [-0.25, -0.2) is 10.2 Å². The first-order valence-electron chi connectivity index (χ1n) is 11.3. The van der Waals surface area contributed by atoms with Crippen molar-refractivity contribution in [2.45, 2.75) is 33.6 Å². The van der Waals surface area contributed by atoms with E-state index >= 15 is 0 Å². The summed E-state index contributed by atoms with van der Waals surface area (Å²) in [5, 5.41) is 3.98. The van der Waals surface area contributed by atoms with Crippen LogP contribution in [-0.2, 0) is 4.79 Å². The number of hydrogen-bond acceptors (Lipinski definition) is 6. The van der Waals surface area contributed by atoms with E-state index in [9.17, 15) is 9.59 Å². The Hall–Kier alpha value is -4.13. The summed E-state index contributed by atoms with van der Waals surface area (Å²) in [6.45, 7) is 7.92. The highest BCUT2D eigenvalue weighted by atomic mass is 16.6. The number of hydrazone groups is 1. The van der Waals surface area contributed by atoms with Crippen molar-refractivity contribution in [2.75, 3.05) is 13.7 Å². The van der Waals surface area contributed by atoms with Crippen LogP contribution in [-0.4, -0.2) is 31.8 Å². The third-order valence-electron chi connectivity index (χ3n) is 5.23. The molecule has 0 fully saturated rings. The first-order valence-corrected chi connectivity index (χ1v) is 11.3. The van der Waals surface area contributed by atoms with Crippen LogP contribution >= 0.6 is 0 Å². The molecule has 3 rings (SSSR count). The molecule has 0 bridgehead atoms. The zero-order chi connectivity index (χ0) is 25.4. The molecule has 0 saturated heterocycles. The Bertz CT molecular complexity index is 1220. The van der Waals surface area contributed by atoms with Gasteiger partial charge in [-0.1, -0.05) is 43.7 Å². The van der Waals surface area contributed by atoms with Crippen molar-refractivity contribution in [3.8, 4) is 17.2 Å². The fraction of sp³-hybridized carbons (Fsp3) is 0.250. The van der Waals surface area contributed by atoms with Gasteiger partial charge in [0.05, 0.1) is 18.9 Å². The molecular weight excluding hydrogens is 444 g/mol. The van der Waals surface area contributed by atoms with Crippen LogP contribution in [0.15, 0.2) is 65.8 Å². The molecule has 35 heavy (non-hydrogen) atoms. The van der Waals surface area contributed by atoms with E-state index in [-0.39, 0.29) is 24.2 Å². The molecule has 0 aromatic heterocycles. The minimum atomic E-state index is -0.480. The number of ether oxygens (including phenoxy) is 3. The first-order chi connectivity index (χ1) is 16.8. The standard InChI is InChI=1S/C28H30N2O5/c1-18(2)23-12-8-20(4)14-25(23)34-17-27(31)30-29-16-21-9-13-24(26(15-21)33-5)35-28(32)22-10-6-19(3)7-11-22/h6-16,18H,17H2,1-5H3,(H,30,31). The number of nitrogens with zero attached hydrogens (tertiary/aromatic N) is 1. The van der Waals surface area contributed by atoms with Gasteiger partial charge >= 0.3 is 5.97 Å². The Morgan fingerprint density at radius 3 is 2.31 bits per heavy atom. The molecule has 7 nitrogen and oxygen atoms in total. The number of methoxy groups -OCH3 is 1. The van der Waals surface area contributed by atoms with Crippen LogP contribution < -0.4 is 19.6 Å². The van der Waals surface area contributed by atoms with Gasteiger partial charge in [0.1, 0.15) is 5.75 Å². The number of nitrogens with one attached hydrogen (secondary N) is 1. The minimum Gasteiger partial charge on any atom is -0.493 e. The summed E-state index contributed by atoms with van der Waals surface area (Å²) in [7, 11) is 1.48. The van der Waals surface area contributed by atoms with Crippen molar-refractivity contribution in [3.05, 3.63) is 88.5 Å². The highest BCUT2D eigenvalue weighted by molar-refractivity contribution is 5.91. The number of carbonyl (C=O) groups excluding carboxylic acids is 2. The van der Waals surface area contributed by atoms with E-state index in [0.717, 1.165) is 16.7 Å². The molecule has 0 heterocycles. The van der Waals surface area contributed by atoms with Gasteiger partial charge in [0.2, 0.25) is 0 Å². The van der Waals surface area contributed by atoms with Crippen LogP contribution in [0, 0.1) is 13.8 Å². The predicted molar refractivity (Wildman–Crippen MR) is 136 cm³/mol. The van der Waals surface area contributed by atoms with Crippen LogP contribution in [0.4, 0.5) is 0 Å². The van der Waals surface area contributed by atoms with Crippen LogP contribution in [0.5, 0.6) is 17.2 Å². The van der Waals surface area contributed by atoms with Gasteiger partial charge < -0.3 is 14.2 Å². The van der Waals surface area contributed by atoms with Crippen LogP contribution in [0.3, 0.4) is 0 Å². The molecule has 0 aliphatic rings. The van der Waals surface area contributed by atoms with E-state index in [2.05, 4.69) is 24.4 Å². The molecule has 3 aromatic carbocycles. The van der Waals surface area contributed by atoms with Gasteiger partial charge in [0, 0.05) is 0 Å². The predicted octanol–water partition coefficient (Wildman–Crippen LogP) is 5.18. The fourth-order valence-corrected chi connectivity index (χ4v) is 3.30. The smallest absolute Gasteiger partial charge is 0.343 e. The molecule has 3 aromatic rings. The lowest BCUT2D eigenvalue weighted by molar-refractivity contribution is -0.123. The maximum atomic E-state index is 12.4. The Morgan fingerprint density at radius 1 is 0.914 bits per heavy atom. The Kier molecular flexibility index (Phi) is 8.62. The molecule has 7 heteroatoms. The largest absolute Gasteiger partial charge is 0.493 e. The molecule has 182 valence electrons. The molecule has 0 spiro atoms. The monoisotopic (exact) mass is 474 g/mol. The summed E-state index contributed by atoms with van der Waals surface area (Å²) < 4.78 is 16.5. The van der Waals surface area contributed by atoms with Crippen molar-refractivity contribution in [2.24, 2.45) is 5.10 Å². The van der Waals surface area contributed by atoms with E-state index in [1.54, 1.807) is 30.3 Å². The molecule has 1 amide bonds. The van der Waals surface area contributed by atoms with E-state index < -0.39 is 5.97 Å². The molecule has 0 unspecified atom stereocenters. The van der Waals surface area contributed by atoms with Crippen molar-refractivity contribution in [3.63, 3.8) is 0 Å². The lowest BCUT2D eigenvalue weighted by atomic mass is 10.0. The maximum Gasteiger partial charge on any atom is 0.343 e. The van der Waals surface area contributed by atoms with Gasteiger partial charge in [0.25, 0.3) is 5.91 Å². The molecule has 0 aliphatic carbocycles. The van der Waals surface area contributed by atoms with Crippen LogP contribution in [0.1, 0.15) is 52.4 Å². The molecular formula is C28H30N2O5. The second kappa shape index (κ2) is 11.8. The topological polar surface area (TPSA) is 86.2 Å². The number of aryl methyl sites for hydroxylation is 2. The zero-order valence-corrected chi connectivity index (χ0v) is 20.6.